The van der Waals surface area contributed by atoms with Crippen molar-refractivity contribution in [2.24, 2.45) is 0 Å². The minimum Gasteiger partial charge on any atom is -0.389 e. The standard InChI is InChI=1S/C17H27NO/c1-3-15-7-9-16(10-8-15)14(2)18-13-17(19)11-5-4-6-12-17/h7-10,14,18-19H,3-6,11-13H2,1-2H3. The second-order valence-corrected chi connectivity index (χ2v) is 5.98. The highest BCUT2D eigenvalue weighted by molar-refractivity contribution is 5.24. The Bertz CT molecular complexity index is 379. The van der Waals surface area contributed by atoms with Crippen LogP contribution in [0, 0.1) is 0 Å². The molecule has 2 nitrogen and oxygen atoms in total. The second kappa shape index (κ2) is 6.53. The van der Waals surface area contributed by atoms with E-state index in [0.717, 1.165) is 32.1 Å². The maximum absolute atomic E-state index is 10.5. The summed E-state index contributed by atoms with van der Waals surface area (Å²) < 4.78 is 0. The van der Waals surface area contributed by atoms with Crippen LogP contribution in [0.2, 0.25) is 0 Å². The number of hydrogen-bond acceptors (Lipinski definition) is 2. The van der Waals surface area contributed by atoms with Gasteiger partial charge in [-0.2, -0.15) is 0 Å². The first-order valence-electron chi connectivity index (χ1n) is 7.67. The number of hydrogen-bond donors (Lipinski definition) is 2. The summed E-state index contributed by atoms with van der Waals surface area (Å²) >= 11 is 0. The molecule has 1 fully saturated rings. The average molecular weight is 261 g/mol. The monoisotopic (exact) mass is 261 g/mol. The quantitative estimate of drug-likeness (QED) is 0.849. The molecule has 1 aliphatic rings. The molecular weight excluding hydrogens is 234 g/mol. The normalized spacial score (nSPS) is 20.2. The molecule has 1 aromatic rings. The topological polar surface area (TPSA) is 32.3 Å². The molecule has 1 atom stereocenters. The van der Waals surface area contributed by atoms with Gasteiger partial charge in [0.2, 0.25) is 0 Å². The Morgan fingerprint density at radius 1 is 1.16 bits per heavy atom. The summed E-state index contributed by atoms with van der Waals surface area (Å²) in [5.41, 5.74) is 2.20. The Morgan fingerprint density at radius 3 is 2.37 bits per heavy atom. The predicted octanol–water partition coefficient (Wildman–Crippen LogP) is 3.59. The molecule has 0 heterocycles. The van der Waals surface area contributed by atoms with Crippen LogP contribution in [0.15, 0.2) is 24.3 Å². The van der Waals surface area contributed by atoms with Crippen LogP contribution in [0.3, 0.4) is 0 Å². The molecule has 0 aromatic heterocycles. The zero-order chi connectivity index (χ0) is 13.7. The molecule has 1 unspecified atom stereocenters. The largest absolute Gasteiger partial charge is 0.389 e. The molecule has 0 saturated heterocycles. The van der Waals surface area contributed by atoms with Crippen molar-refractivity contribution in [1.82, 2.24) is 5.32 Å². The molecule has 106 valence electrons. The van der Waals surface area contributed by atoms with Gasteiger partial charge in [-0.05, 0) is 37.3 Å². The highest BCUT2D eigenvalue weighted by Gasteiger charge is 2.29. The van der Waals surface area contributed by atoms with Gasteiger partial charge in [0.25, 0.3) is 0 Å². The summed E-state index contributed by atoms with van der Waals surface area (Å²) in [6.07, 6.45) is 6.58. The number of aryl methyl sites for hydroxylation is 1. The van der Waals surface area contributed by atoms with E-state index in [0.29, 0.717) is 12.6 Å². The van der Waals surface area contributed by atoms with Gasteiger partial charge >= 0.3 is 0 Å². The van der Waals surface area contributed by atoms with E-state index in [2.05, 4.69) is 43.4 Å². The van der Waals surface area contributed by atoms with E-state index in [1.165, 1.54) is 17.5 Å². The summed E-state index contributed by atoms with van der Waals surface area (Å²) in [5, 5.41) is 14.0. The van der Waals surface area contributed by atoms with Crippen LogP contribution < -0.4 is 5.32 Å². The van der Waals surface area contributed by atoms with E-state index in [1.807, 2.05) is 0 Å². The fourth-order valence-corrected chi connectivity index (χ4v) is 2.89. The van der Waals surface area contributed by atoms with E-state index in [1.54, 1.807) is 0 Å². The first kappa shape index (κ1) is 14.5. The van der Waals surface area contributed by atoms with Gasteiger partial charge in [0, 0.05) is 12.6 Å². The second-order valence-electron chi connectivity index (χ2n) is 5.98. The minimum atomic E-state index is -0.476. The van der Waals surface area contributed by atoms with Crippen LogP contribution in [-0.2, 0) is 6.42 Å². The molecular formula is C17H27NO. The molecule has 2 N–H and O–H groups in total. The molecule has 1 aromatic carbocycles. The summed E-state index contributed by atoms with van der Waals surface area (Å²) in [7, 11) is 0. The van der Waals surface area contributed by atoms with Crippen LogP contribution in [0.4, 0.5) is 0 Å². The molecule has 2 heteroatoms. The zero-order valence-electron chi connectivity index (χ0n) is 12.3. The maximum Gasteiger partial charge on any atom is 0.0771 e. The van der Waals surface area contributed by atoms with Crippen molar-refractivity contribution in [3.63, 3.8) is 0 Å². The first-order chi connectivity index (χ1) is 9.13. The Labute approximate surface area is 117 Å². The Hall–Kier alpha value is -0.860. The molecule has 1 aliphatic carbocycles. The maximum atomic E-state index is 10.5. The van der Waals surface area contributed by atoms with Crippen LogP contribution >= 0.6 is 0 Å². The van der Waals surface area contributed by atoms with Gasteiger partial charge in [-0.15, -0.1) is 0 Å². The molecule has 0 spiro atoms. The Balaban J connectivity index is 1.87. The SMILES string of the molecule is CCc1ccc(C(C)NCC2(O)CCCCC2)cc1. The smallest absolute Gasteiger partial charge is 0.0771 e. The van der Waals surface area contributed by atoms with Crippen LogP contribution in [0.1, 0.15) is 63.1 Å². The van der Waals surface area contributed by atoms with E-state index in [-0.39, 0.29) is 0 Å². The van der Waals surface area contributed by atoms with Gasteiger partial charge in [-0.25, -0.2) is 0 Å². The molecule has 0 bridgehead atoms. The lowest BCUT2D eigenvalue weighted by atomic mass is 9.84. The third kappa shape index (κ3) is 4.05. The highest BCUT2D eigenvalue weighted by atomic mass is 16.3. The van der Waals surface area contributed by atoms with Crippen molar-refractivity contribution in [2.75, 3.05) is 6.54 Å². The van der Waals surface area contributed by atoms with Gasteiger partial charge in [-0.3, -0.25) is 0 Å². The molecule has 2 rings (SSSR count). The number of benzene rings is 1. The van der Waals surface area contributed by atoms with Crippen molar-refractivity contribution in [2.45, 2.75) is 64.0 Å². The van der Waals surface area contributed by atoms with Crippen LogP contribution in [-0.4, -0.2) is 17.3 Å². The molecule has 0 aliphatic heterocycles. The molecule has 19 heavy (non-hydrogen) atoms. The first-order valence-corrected chi connectivity index (χ1v) is 7.67. The van der Waals surface area contributed by atoms with Gasteiger partial charge < -0.3 is 10.4 Å². The fraction of sp³-hybridized carbons (Fsp3) is 0.647. The van der Waals surface area contributed by atoms with Crippen molar-refractivity contribution in [1.29, 1.82) is 0 Å². The summed E-state index contributed by atoms with van der Waals surface area (Å²) in [4.78, 5) is 0. The summed E-state index contributed by atoms with van der Waals surface area (Å²) in [5.74, 6) is 0. The summed E-state index contributed by atoms with van der Waals surface area (Å²) in [6, 6.07) is 9.09. The highest BCUT2D eigenvalue weighted by Crippen LogP contribution is 2.28. The zero-order valence-corrected chi connectivity index (χ0v) is 12.3. The lowest BCUT2D eigenvalue weighted by Gasteiger charge is -2.33. The van der Waals surface area contributed by atoms with Gasteiger partial charge in [0.1, 0.15) is 0 Å². The minimum absolute atomic E-state index is 0.303. The number of nitrogens with one attached hydrogen (secondary N) is 1. The number of rotatable bonds is 5. The Morgan fingerprint density at radius 2 is 1.79 bits per heavy atom. The fourth-order valence-electron chi connectivity index (χ4n) is 2.89. The lowest BCUT2D eigenvalue weighted by Crippen LogP contribution is -2.42. The van der Waals surface area contributed by atoms with Crippen molar-refractivity contribution in [3.05, 3.63) is 35.4 Å². The molecule has 0 amide bonds. The summed E-state index contributed by atoms with van der Waals surface area (Å²) in [6.45, 7) is 5.06. The number of aliphatic hydroxyl groups is 1. The van der Waals surface area contributed by atoms with Crippen molar-refractivity contribution < 1.29 is 5.11 Å². The van der Waals surface area contributed by atoms with E-state index in [9.17, 15) is 5.11 Å². The van der Waals surface area contributed by atoms with Crippen molar-refractivity contribution in [3.8, 4) is 0 Å². The predicted molar refractivity (Wildman–Crippen MR) is 80.3 cm³/mol. The Kier molecular flexibility index (Phi) is 5.00. The molecule has 0 radical (unpaired) electrons. The third-order valence-corrected chi connectivity index (χ3v) is 4.41. The lowest BCUT2D eigenvalue weighted by molar-refractivity contribution is 0.00300. The average Bonchev–Trinajstić information content (AvgIpc) is 2.46. The van der Waals surface area contributed by atoms with Crippen LogP contribution in [0.5, 0.6) is 0 Å². The van der Waals surface area contributed by atoms with Crippen molar-refractivity contribution >= 4 is 0 Å². The van der Waals surface area contributed by atoms with E-state index >= 15 is 0 Å². The molecule has 1 saturated carbocycles. The van der Waals surface area contributed by atoms with Gasteiger partial charge in [-0.1, -0.05) is 50.5 Å². The van der Waals surface area contributed by atoms with Gasteiger partial charge in [0.05, 0.1) is 5.60 Å². The van der Waals surface area contributed by atoms with E-state index < -0.39 is 5.60 Å². The van der Waals surface area contributed by atoms with Gasteiger partial charge in [0.15, 0.2) is 0 Å². The van der Waals surface area contributed by atoms with E-state index in [4.69, 9.17) is 0 Å². The third-order valence-electron chi connectivity index (χ3n) is 4.41. The van der Waals surface area contributed by atoms with Crippen LogP contribution in [0.25, 0.3) is 0 Å².